The Morgan fingerprint density at radius 3 is 2.24 bits per heavy atom. The third-order valence-corrected chi connectivity index (χ3v) is 8.24. The number of nitrogens with one attached hydrogen (secondary N) is 2. The molecular formula is C31H43N5O5S. The van der Waals surface area contributed by atoms with Gasteiger partial charge in [-0.2, -0.15) is 0 Å². The van der Waals surface area contributed by atoms with Gasteiger partial charge in [-0.15, -0.1) is 0 Å². The average molecular weight is 598 g/mol. The number of sulfonamides is 1. The van der Waals surface area contributed by atoms with Crippen LogP contribution >= 0.6 is 0 Å². The number of ether oxygens (including phenoxy) is 1. The van der Waals surface area contributed by atoms with E-state index in [9.17, 15) is 18.0 Å². The molecule has 3 aromatic rings. The maximum atomic E-state index is 13.7. The molecule has 0 bridgehead atoms. The lowest BCUT2D eigenvalue weighted by Gasteiger charge is -2.35. The first-order valence-corrected chi connectivity index (χ1v) is 16.1. The van der Waals surface area contributed by atoms with Crippen molar-refractivity contribution < 1.29 is 22.7 Å². The number of methoxy groups -OCH3 is 1. The lowest BCUT2D eigenvalue weighted by molar-refractivity contribution is -0.136. The highest BCUT2D eigenvalue weighted by molar-refractivity contribution is 7.92. The molecule has 1 aliphatic heterocycles. The van der Waals surface area contributed by atoms with E-state index < -0.39 is 10.0 Å². The predicted octanol–water partition coefficient (Wildman–Crippen LogP) is 4.41. The second kappa shape index (κ2) is 12.0. The minimum atomic E-state index is -3.59. The first-order valence-electron chi connectivity index (χ1n) is 14.2. The summed E-state index contributed by atoms with van der Waals surface area (Å²) >= 11 is 0. The lowest BCUT2D eigenvalue weighted by atomic mass is 9.86. The molecule has 1 aromatic heterocycles. The molecular weight excluding hydrogens is 554 g/mol. The number of carbonyl (C=O) groups is 2. The molecule has 2 amide bonds. The molecule has 2 aromatic carbocycles. The Kier molecular flexibility index (Phi) is 8.94. The van der Waals surface area contributed by atoms with Crippen LogP contribution in [-0.4, -0.2) is 74.1 Å². The van der Waals surface area contributed by atoms with E-state index in [2.05, 4.69) is 21.0 Å². The van der Waals surface area contributed by atoms with Crippen LogP contribution in [0.15, 0.2) is 36.4 Å². The van der Waals surface area contributed by atoms with Gasteiger partial charge in [0, 0.05) is 51.1 Å². The van der Waals surface area contributed by atoms with Crippen LogP contribution in [0.5, 0.6) is 5.75 Å². The number of aryl methyl sites for hydroxylation is 1. The Hall–Kier alpha value is -3.57. The predicted molar refractivity (Wildman–Crippen MR) is 168 cm³/mol. The van der Waals surface area contributed by atoms with Crippen LogP contribution in [-0.2, 0) is 33.8 Å². The molecule has 2 N–H and O–H groups in total. The first-order chi connectivity index (χ1) is 19.6. The highest BCUT2D eigenvalue weighted by Gasteiger charge is 2.26. The number of amides is 2. The minimum absolute atomic E-state index is 0.00308. The van der Waals surface area contributed by atoms with Gasteiger partial charge in [-0.3, -0.25) is 19.2 Å². The zero-order valence-electron chi connectivity index (χ0n) is 25.9. The van der Waals surface area contributed by atoms with Gasteiger partial charge >= 0.3 is 0 Å². The molecule has 228 valence electrons. The van der Waals surface area contributed by atoms with E-state index in [0.717, 1.165) is 41.4 Å². The van der Waals surface area contributed by atoms with Crippen LogP contribution in [0.4, 0.5) is 11.4 Å². The summed E-state index contributed by atoms with van der Waals surface area (Å²) in [5, 5.41) is 3.92. The Bertz CT molecular complexity index is 1600. The van der Waals surface area contributed by atoms with Crippen molar-refractivity contribution in [3.63, 3.8) is 0 Å². The summed E-state index contributed by atoms with van der Waals surface area (Å²) in [6.07, 6.45) is 1.08. The van der Waals surface area contributed by atoms with Crippen molar-refractivity contribution in [1.29, 1.82) is 0 Å². The summed E-state index contributed by atoms with van der Waals surface area (Å²) < 4.78 is 34.2. The smallest absolute Gasteiger partial charge is 0.272 e. The Balaban J connectivity index is 1.63. The highest BCUT2D eigenvalue weighted by atomic mass is 32.2. The van der Waals surface area contributed by atoms with Gasteiger partial charge in [-0.25, -0.2) is 8.42 Å². The molecule has 2 heterocycles. The molecule has 10 nitrogen and oxygen atoms in total. The van der Waals surface area contributed by atoms with Crippen molar-refractivity contribution in [2.75, 3.05) is 49.6 Å². The number of anilines is 2. The SMILES string of the molecule is COc1c(NC(=O)c2cc3cccc(CN4CCN(C(=O)C(C)C)CC4)c3n2C)cc(C(C)(C)C)cc1NS(C)(=O)=O. The quantitative estimate of drug-likeness (QED) is 0.398. The summed E-state index contributed by atoms with van der Waals surface area (Å²) in [5.74, 6) is 0.0850. The summed E-state index contributed by atoms with van der Waals surface area (Å²) in [6, 6.07) is 11.5. The molecule has 0 saturated carbocycles. The van der Waals surface area contributed by atoms with E-state index in [0.29, 0.717) is 31.0 Å². The number of aromatic nitrogens is 1. The molecule has 0 radical (unpaired) electrons. The number of para-hydroxylation sites is 1. The largest absolute Gasteiger partial charge is 0.492 e. The fourth-order valence-corrected chi connectivity index (χ4v) is 5.97. The van der Waals surface area contributed by atoms with E-state index in [1.54, 1.807) is 6.07 Å². The number of hydrogen-bond acceptors (Lipinski definition) is 6. The number of nitrogens with zero attached hydrogens (tertiary/aromatic N) is 3. The highest BCUT2D eigenvalue weighted by Crippen LogP contribution is 2.39. The zero-order chi connectivity index (χ0) is 31.0. The van der Waals surface area contributed by atoms with Gasteiger partial charge in [0.2, 0.25) is 15.9 Å². The number of hydrogen-bond donors (Lipinski definition) is 2. The first kappa shape index (κ1) is 31.4. The maximum Gasteiger partial charge on any atom is 0.272 e. The molecule has 0 aliphatic carbocycles. The van der Waals surface area contributed by atoms with Gasteiger partial charge in [0.25, 0.3) is 5.91 Å². The molecule has 0 spiro atoms. The second-order valence-electron chi connectivity index (χ2n) is 12.4. The summed E-state index contributed by atoms with van der Waals surface area (Å²) in [5.41, 5.74) is 3.69. The molecule has 1 aliphatic rings. The number of carbonyl (C=O) groups excluding carboxylic acids is 2. The van der Waals surface area contributed by atoms with Crippen LogP contribution in [0.3, 0.4) is 0 Å². The van der Waals surface area contributed by atoms with Gasteiger partial charge < -0.3 is 19.5 Å². The van der Waals surface area contributed by atoms with Gasteiger partial charge in [0.1, 0.15) is 5.69 Å². The average Bonchev–Trinajstić information content (AvgIpc) is 3.24. The topological polar surface area (TPSA) is 113 Å². The fraction of sp³-hybridized carbons (Fsp3) is 0.484. The van der Waals surface area contributed by atoms with Gasteiger partial charge in [-0.1, -0.05) is 52.8 Å². The normalized spacial score (nSPS) is 14.8. The second-order valence-corrected chi connectivity index (χ2v) is 14.1. The van der Waals surface area contributed by atoms with E-state index in [-0.39, 0.29) is 34.6 Å². The van der Waals surface area contributed by atoms with Crippen LogP contribution in [0.2, 0.25) is 0 Å². The molecule has 1 fully saturated rings. The summed E-state index contributed by atoms with van der Waals surface area (Å²) in [7, 11) is -0.276. The number of benzene rings is 2. The Morgan fingerprint density at radius 1 is 1.02 bits per heavy atom. The molecule has 11 heteroatoms. The van der Waals surface area contributed by atoms with Crippen molar-refractivity contribution in [3.05, 3.63) is 53.2 Å². The van der Waals surface area contributed by atoms with Crippen molar-refractivity contribution >= 4 is 44.1 Å². The molecule has 42 heavy (non-hydrogen) atoms. The Morgan fingerprint density at radius 2 is 1.67 bits per heavy atom. The lowest BCUT2D eigenvalue weighted by Crippen LogP contribution is -2.49. The van der Waals surface area contributed by atoms with Crippen LogP contribution in [0.1, 0.15) is 56.2 Å². The molecule has 0 unspecified atom stereocenters. The van der Waals surface area contributed by atoms with Crippen LogP contribution in [0, 0.1) is 5.92 Å². The number of rotatable bonds is 8. The minimum Gasteiger partial charge on any atom is -0.492 e. The van der Waals surface area contributed by atoms with Crippen molar-refractivity contribution in [2.45, 2.75) is 46.6 Å². The van der Waals surface area contributed by atoms with E-state index in [4.69, 9.17) is 4.74 Å². The zero-order valence-corrected chi connectivity index (χ0v) is 26.7. The van der Waals surface area contributed by atoms with Gasteiger partial charge in [0.15, 0.2) is 5.75 Å². The number of piperazine rings is 1. The van der Waals surface area contributed by atoms with E-state index >= 15 is 0 Å². The third kappa shape index (κ3) is 6.90. The van der Waals surface area contributed by atoms with Crippen molar-refractivity contribution in [3.8, 4) is 5.75 Å². The maximum absolute atomic E-state index is 13.7. The van der Waals surface area contributed by atoms with Crippen molar-refractivity contribution in [1.82, 2.24) is 14.4 Å². The van der Waals surface area contributed by atoms with Crippen molar-refractivity contribution in [2.24, 2.45) is 13.0 Å². The Labute approximate surface area is 249 Å². The monoisotopic (exact) mass is 597 g/mol. The van der Waals surface area contributed by atoms with Crippen LogP contribution in [0.25, 0.3) is 10.9 Å². The van der Waals surface area contributed by atoms with Crippen LogP contribution < -0.4 is 14.8 Å². The summed E-state index contributed by atoms with van der Waals surface area (Å²) in [6.45, 7) is 13.6. The van der Waals surface area contributed by atoms with E-state index in [1.165, 1.54) is 7.11 Å². The molecule has 1 saturated heterocycles. The standard InChI is InChI=1S/C31H43N5O5S/c1-20(2)30(38)36-14-12-35(13-15-36)19-22-11-9-10-21-16-26(34(6)27(21)22)29(37)32-24-17-23(31(3,4)5)18-25(28(24)41-7)33-42(8,39)40/h9-11,16-18,20,33H,12-15,19H2,1-8H3,(H,32,37). The van der Waals surface area contributed by atoms with Gasteiger partial charge in [-0.05, 0) is 34.7 Å². The summed E-state index contributed by atoms with van der Waals surface area (Å²) in [4.78, 5) is 30.4. The van der Waals surface area contributed by atoms with E-state index in [1.807, 2.05) is 75.4 Å². The fourth-order valence-electron chi connectivity index (χ4n) is 5.42. The molecule has 0 atom stereocenters. The van der Waals surface area contributed by atoms with Gasteiger partial charge in [0.05, 0.1) is 30.3 Å². The molecule has 4 rings (SSSR count). The number of fused-ring (bicyclic) bond motifs is 1. The third-order valence-electron chi connectivity index (χ3n) is 7.65.